The Morgan fingerprint density at radius 1 is 0.767 bits per heavy atom. The van der Waals surface area contributed by atoms with Crippen molar-refractivity contribution >= 4 is 23.6 Å². The molecule has 0 unspecified atom stereocenters. The Morgan fingerprint density at radius 2 is 1.07 bits per heavy atom. The molecule has 14 heteroatoms. The molecule has 0 fully saturated rings. The van der Waals surface area contributed by atoms with Gasteiger partial charge < -0.3 is 0 Å². The number of halogens is 9. The smallest absolute Gasteiger partial charge is 0.294 e. The van der Waals surface area contributed by atoms with Crippen LogP contribution in [0, 0.1) is 5.41 Å². The predicted molar refractivity (Wildman–Crippen MR) is 82.3 cm³/mol. The van der Waals surface area contributed by atoms with Crippen LogP contribution in [0.15, 0.2) is 24.5 Å². The van der Waals surface area contributed by atoms with E-state index in [4.69, 9.17) is 4.79 Å². The molecular weight excluding hydrogens is 441 g/mol. The summed E-state index contributed by atoms with van der Waals surface area (Å²) < 4.78 is 98.2. The van der Waals surface area contributed by atoms with Gasteiger partial charge in [0.2, 0.25) is 6.29 Å². The van der Waals surface area contributed by atoms with Gasteiger partial charge in [0.05, 0.1) is 0 Å². The molecule has 1 rings (SSSR count). The van der Waals surface area contributed by atoms with Crippen molar-refractivity contribution < 1.29 is 58.7 Å². The number of pyridine rings is 1. The number of aromatic nitrogens is 1. The molecule has 0 bridgehead atoms. The number of Topliss-reactive ketones (excluding diaryl/α,β-unsaturated/α-hetero) is 3. The van der Waals surface area contributed by atoms with Gasteiger partial charge in [-0.25, -0.2) is 0 Å². The maximum Gasteiger partial charge on any atom is 0.458 e. The molecule has 1 aromatic rings. The Labute approximate surface area is 163 Å². The van der Waals surface area contributed by atoms with E-state index >= 15 is 0 Å². The first kappa shape index (κ1) is 29.4. The van der Waals surface area contributed by atoms with Crippen LogP contribution in [0.2, 0.25) is 0 Å². The minimum atomic E-state index is -5.77. The molecule has 0 aliphatic rings. The van der Waals surface area contributed by atoms with Crippen molar-refractivity contribution in [3.8, 4) is 0 Å². The maximum atomic E-state index is 11.6. The van der Waals surface area contributed by atoms with Crippen molar-refractivity contribution in [2.24, 2.45) is 5.41 Å². The highest BCUT2D eigenvalue weighted by Crippen LogP contribution is 2.24. The third-order valence-electron chi connectivity index (χ3n) is 2.48. The zero-order valence-electron chi connectivity index (χ0n) is 15.4. The van der Waals surface area contributed by atoms with Crippen LogP contribution in [0.25, 0.3) is 0 Å². The van der Waals surface area contributed by atoms with Crippen LogP contribution in [0.3, 0.4) is 0 Å². The van der Waals surface area contributed by atoms with Crippen molar-refractivity contribution in [1.29, 1.82) is 0 Å². The van der Waals surface area contributed by atoms with Gasteiger partial charge in [-0.15, -0.1) is 0 Å². The molecule has 0 N–H and O–H groups in total. The molecular formula is C16H14F9NO4. The first-order valence-electron chi connectivity index (χ1n) is 7.35. The van der Waals surface area contributed by atoms with Gasteiger partial charge in [0.1, 0.15) is 0 Å². The molecule has 0 spiro atoms. The standard InChI is InChI=1S/C10H13NO.C4F6O2.C2HF3O/c1-10(2,3)9(12)8-4-6-11-7-5-8;5-3(6,7)1(11)2(12)4(8,9)10;3-2(4,5)1-6/h4-7H,1-3H3;;1H. The summed E-state index contributed by atoms with van der Waals surface area (Å²) in [6.07, 6.45) is -14.0. The van der Waals surface area contributed by atoms with Crippen LogP contribution in [0.1, 0.15) is 31.1 Å². The number of rotatable bonds is 2. The molecule has 0 radical (unpaired) electrons. The van der Waals surface area contributed by atoms with E-state index in [1.54, 1.807) is 24.5 Å². The van der Waals surface area contributed by atoms with E-state index in [1.807, 2.05) is 20.8 Å². The van der Waals surface area contributed by atoms with Crippen molar-refractivity contribution in [2.45, 2.75) is 39.3 Å². The van der Waals surface area contributed by atoms with Gasteiger partial charge in [0.15, 0.2) is 5.78 Å². The highest BCUT2D eigenvalue weighted by atomic mass is 19.4. The molecule has 170 valence electrons. The molecule has 0 saturated heterocycles. The fraction of sp³-hybridized carbons (Fsp3) is 0.438. The molecule has 0 amide bonds. The lowest BCUT2D eigenvalue weighted by Crippen LogP contribution is -2.39. The van der Waals surface area contributed by atoms with Crippen LogP contribution in [0.5, 0.6) is 0 Å². The maximum absolute atomic E-state index is 11.6. The summed E-state index contributed by atoms with van der Waals surface area (Å²) in [5.41, 5.74) is 0.430. The molecule has 0 saturated carbocycles. The zero-order valence-corrected chi connectivity index (χ0v) is 15.4. The summed E-state index contributed by atoms with van der Waals surface area (Å²) in [5.74, 6) is -6.66. The van der Waals surface area contributed by atoms with E-state index in [2.05, 4.69) is 4.98 Å². The topological polar surface area (TPSA) is 81.2 Å². The number of nitrogens with zero attached hydrogens (tertiary/aromatic N) is 1. The third-order valence-corrected chi connectivity index (χ3v) is 2.48. The van der Waals surface area contributed by atoms with Gasteiger partial charge in [-0.3, -0.25) is 24.2 Å². The van der Waals surface area contributed by atoms with Crippen molar-refractivity contribution in [3.05, 3.63) is 30.1 Å². The van der Waals surface area contributed by atoms with Crippen molar-refractivity contribution in [1.82, 2.24) is 4.98 Å². The SMILES string of the molecule is CC(C)(C)C(=O)c1ccncc1.O=C(C(=O)C(F)(F)F)C(F)(F)F.O=CC(F)(F)F. The van der Waals surface area contributed by atoms with Gasteiger partial charge in [0, 0.05) is 23.4 Å². The predicted octanol–water partition coefficient (Wildman–Crippen LogP) is 4.31. The lowest BCUT2D eigenvalue weighted by molar-refractivity contribution is -0.193. The average Bonchev–Trinajstić information content (AvgIpc) is 2.58. The second-order valence-corrected chi connectivity index (χ2v) is 6.13. The van der Waals surface area contributed by atoms with E-state index < -0.39 is 36.4 Å². The van der Waals surface area contributed by atoms with E-state index in [0.29, 0.717) is 0 Å². The Bertz CT molecular complexity index is 706. The second-order valence-electron chi connectivity index (χ2n) is 6.13. The molecule has 1 heterocycles. The highest BCUT2D eigenvalue weighted by molar-refractivity contribution is 6.41. The van der Waals surface area contributed by atoms with Crippen LogP contribution < -0.4 is 0 Å². The largest absolute Gasteiger partial charge is 0.458 e. The number of ketones is 3. The zero-order chi connectivity index (χ0) is 24.6. The number of hydrogen-bond donors (Lipinski definition) is 0. The molecule has 0 aromatic carbocycles. The van der Waals surface area contributed by atoms with E-state index in [1.165, 1.54) is 0 Å². The summed E-state index contributed by atoms with van der Waals surface area (Å²) in [6, 6.07) is 3.49. The normalized spacial score (nSPS) is 11.9. The molecule has 30 heavy (non-hydrogen) atoms. The Morgan fingerprint density at radius 3 is 1.27 bits per heavy atom. The molecule has 0 aliphatic carbocycles. The lowest BCUT2D eigenvalue weighted by atomic mass is 9.87. The van der Waals surface area contributed by atoms with Crippen LogP contribution in [0.4, 0.5) is 39.5 Å². The summed E-state index contributed by atoms with van der Waals surface area (Å²) >= 11 is 0. The fourth-order valence-corrected chi connectivity index (χ4v) is 1.19. The Kier molecular flexibility index (Phi) is 10.6. The summed E-state index contributed by atoms with van der Waals surface area (Å²) in [6.45, 7) is 5.74. The molecule has 0 atom stereocenters. The Hall–Kier alpha value is -2.80. The first-order chi connectivity index (χ1) is 13.1. The Balaban J connectivity index is 0. The van der Waals surface area contributed by atoms with Crippen molar-refractivity contribution in [2.75, 3.05) is 0 Å². The second kappa shape index (κ2) is 10.8. The monoisotopic (exact) mass is 455 g/mol. The van der Waals surface area contributed by atoms with Crippen LogP contribution >= 0.6 is 0 Å². The summed E-state index contributed by atoms with van der Waals surface area (Å²) in [4.78, 5) is 43.4. The summed E-state index contributed by atoms with van der Waals surface area (Å²) in [5, 5.41) is 0. The van der Waals surface area contributed by atoms with E-state index in [0.717, 1.165) is 5.56 Å². The number of carbonyl (C=O) groups excluding carboxylic acids is 4. The average molecular weight is 455 g/mol. The van der Waals surface area contributed by atoms with Crippen LogP contribution in [-0.4, -0.2) is 47.1 Å². The fourth-order valence-electron chi connectivity index (χ4n) is 1.19. The first-order valence-corrected chi connectivity index (χ1v) is 7.35. The van der Waals surface area contributed by atoms with Gasteiger partial charge in [-0.2, -0.15) is 39.5 Å². The molecule has 5 nitrogen and oxygen atoms in total. The van der Waals surface area contributed by atoms with Crippen molar-refractivity contribution in [3.63, 3.8) is 0 Å². The van der Waals surface area contributed by atoms with E-state index in [-0.39, 0.29) is 11.2 Å². The molecule has 1 aromatic heterocycles. The van der Waals surface area contributed by atoms with Gasteiger partial charge in [-0.1, -0.05) is 20.8 Å². The third kappa shape index (κ3) is 12.6. The van der Waals surface area contributed by atoms with E-state index in [9.17, 15) is 53.9 Å². The minimum absolute atomic E-state index is 0.157. The number of aldehydes is 1. The quantitative estimate of drug-likeness (QED) is 0.288. The minimum Gasteiger partial charge on any atom is -0.294 e. The highest BCUT2D eigenvalue weighted by Gasteiger charge is 2.54. The van der Waals surface area contributed by atoms with Gasteiger partial charge in [-0.05, 0) is 12.1 Å². The van der Waals surface area contributed by atoms with Gasteiger partial charge >= 0.3 is 30.1 Å². The number of alkyl halides is 9. The molecule has 0 aliphatic heterocycles. The number of carbonyl (C=O) groups is 4. The number of hydrogen-bond acceptors (Lipinski definition) is 5. The van der Waals surface area contributed by atoms with Crippen LogP contribution in [-0.2, 0) is 14.4 Å². The lowest BCUT2D eigenvalue weighted by Gasteiger charge is -2.15. The van der Waals surface area contributed by atoms with Gasteiger partial charge in [0.25, 0.3) is 0 Å². The summed E-state index contributed by atoms with van der Waals surface area (Å²) in [7, 11) is 0.